The van der Waals surface area contributed by atoms with Crippen LogP contribution in [0.5, 0.6) is 0 Å². The fourth-order valence-corrected chi connectivity index (χ4v) is 2.69. The summed E-state index contributed by atoms with van der Waals surface area (Å²) in [5.74, 6) is -0.486. The summed E-state index contributed by atoms with van der Waals surface area (Å²) in [6, 6.07) is 0.0143. The van der Waals surface area contributed by atoms with Crippen molar-refractivity contribution in [1.82, 2.24) is 14.9 Å². The monoisotopic (exact) mass is 307 g/mol. The third-order valence-corrected chi connectivity index (χ3v) is 5.12. The summed E-state index contributed by atoms with van der Waals surface area (Å²) in [6.45, 7) is 3.93. The van der Waals surface area contributed by atoms with E-state index < -0.39 is 10.0 Å². The second-order valence-electron chi connectivity index (χ2n) is 5.09. The first-order valence-corrected chi connectivity index (χ1v) is 8.48. The molecule has 0 saturated carbocycles. The van der Waals surface area contributed by atoms with Crippen LogP contribution in [0.3, 0.4) is 0 Å². The number of carbonyl (C=O) groups excluding carboxylic acids is 1. The van der Waals surface area contributed by atoms with E-state index in [2.05, 4.69) is 17.6 Å². The highest BCUT2D eigenvalue weighted by molar-refractivity contribution is 7.89. The van der Waals surface area contributed by atoms with Gasteiger partial charge < -0.3 is 15.4 Å². The van der Waals surface area contributed by atoms with Crippen LogP contribution in [0, 0.1) is 5.92 Å². The molecule has 2 atom stereocenters. The quantitative estimate of drug-likeness (QED) is 0.601. The van der Waals surface area contributed by atoms with Gasteiger partial charge in [-0.15, -0.1) is 0 Å². The summed E-state index contributed by atoms with van der Waals surface area (Å²) in [4.78, 5) is 12.0. The highest BCUT2D eigenvalue weighted by atomic mass is 32.2. The molecule has 1 aliphatic rings. The largest absolute Gasteiger partial charge is 0.379 e. The first-order valence-electron chi connectivity index (χ1n) is 6.87. The maximum absolute atomic E-state index is 12.0. The van der Waals surface area contributed by atoms with Crippen LogP contribution in [-0.4, -0.2) is 70.8 Å². The molecule has 1 amide bonds. The van der Waals surface area contributed by atoms with Crippen LogP contribution in [0.25, 0.3) is 0 Å². The van der Waals surface area contributed by atoms with Gasteiger partial charge in [0.15, 0.2) is 0 Å². The maximum atomic E-state index is 12.0. The SMILES string of the molecule is CCCNC1COCC1C(=O)NCCS(=O)(=O)N(C)C. The molecule has 1 aliphatic heterocycles. The molecular weight excluding hydrogens is 282 g/mol. The molecule has 1 saturated heterocycles. The van der Waals surface area contributed by atoms with Gasteiger partial charge in [-0.25, -0.2) is 12.7 Å². The Labute approximate surface area is 121 Å². The third kappa shape index (κ3) is 5.01. The normalized spacial score (nSPS) is 23.2. The smallest absolute Gasteiger partial charge is 0.227 e. The average molecular weight is 307 g/mol. The molecule has 0 aromatic rings. The summed E-state index contributed by atoms with van der Waals surface area (Å²) in [7, 11) is -0.316. The molecule has 7 nitrogen and oxygen atoms in total. The van der Waals surface area contributed by atoms with E-state index in [9.17, 15) is 13.2 Å². The lowest BCUT2D eigenvalue weighted by Gasteiger charge is -2.18. The van der Waals surface area contributed by atoms with Gasteiger partial charge in [0.1, 0.15) is 0 Å². The van der Waals surface area contributed by atoms with Crippen LogP contribution in [0.15, 0.2) is 0 Å². The number of nitrogens with zero attached hydrogens (tertiary/aromatic N) is 1. The van der Waals surface area contributed by atoms with Crippen molar-refractivity contribution in [1.29, 1.82) is 0 Å². The van der Waals surface area contributed by atoms with Gasteiger partial charge in [-0.1, -0.05) is 6.92 Å². The van der Waals surface area contributed by atoms with Crippen LogP contribution in [0.1, 0.15) is 13.3 Å². The topological polar surface area (TPSA) is 87.7 Å². The Balaban J connectivity index is 2.39. The number of hydrogen-bond donors (Lipinski definition) is 2. The molecule has 2 N–H and O–H groups in total. The van der Waals surface area contributed by atoms with Crippen molar-refractivity contribution in [3.05, 3.63) is 0 Å². The van der Waals surface area contributed by atoms with Crippen LogP contribution in [0.4, 0.5) is 0 Å². The van der Waals surface area contributed by atoms with Crippen molar-refractivity contribution < 1.29 is 17.9 Å². The molecule has 0 aromatic heterocycles. The van der Waals surface area contributed by atoms with Gasteiger partial charge in [-0.2, -0.15) is 0 Å². The first-order chi connectivity index (χ1) is 9.38. The number of sulfonamides is 1. The Morgan fingerprint density at radius 2 is 2.00 bits per heavy atom. The summed E-state index contributed by atoms with van der Waals surface area (Å²) >= 11 is 0. The van der Waals surface area contributed by atoms with Crippen LogP contribution >= 0.6 is 0 Å². The maximum Gasteiger partial charge on any atom is 0.227 e. The summed E-state index contributed by atoms with van der Waals surface area (Å²) in [5.41, 5.74) is 0. The van der Waals surface area contributed by atoms with Gasteiger partial charge in [0.25, 0.3) is 0 Å². The molecule has 118 valence electrons. The van der Waals surface area contributed by atoms with Crippen molar-refractivity contribution in [2.24, 2.45) is 5.92 Å². The number of carbonyl (C=O) groups is 1. The van der Waals surface area contributed by atoms with Crippen molar-refractivity contribution in [3.8, 4) is 0 Å². The molecule has 0 radical (unpaired) electrons. The molecule has 0 aromatic carbocycles. The van der Waals surface area contributed by atoms with Crippen LogP contribution < -0.4 is 10.6 Å². The lowest BCUT2D eigenvalue weighted by molar-refractivity contribution is -0.125. The summed E-state index contributed by atoms with van der Waals surface area (Å²) < 4.78 is 29.6. The highest BCUT2D eigenvalue weighted by Gasteiger charge is 2.33. The lowest BCUT2D eigenvalue weighted by atomic mass is 10.0. The van der Waals surface area contributed by atoms with Gasteiger partial charge in [-0.05, 0) is 13.0 Å². The van der Waals surface area contributed by atoms with E-state index in [0.29, 0.717) is 13.2 Å². The van der Waals surface area contributed by atoms with E-state index in [-0.39, 0.29) is 30.2 Å². The number of ether oxygens (including phenoxy) is 1. The lowest BCUT2D eigenvalue weighted by Crippen LogP contribution is -2.45. The zero-order valence-corrected chi connectivity index (χ0v) is 13.2. The van der Waals surface area contributed by atoms with E-state index >= 15 is 0 Å². The average Bonchev–Trinajstić information content (AvgIpc) is 2.84. The molecule has 8 heteroatoms. The number of hydrogen-bond acceptors (Lipinski definition) is 5. The Bertz CT molecular complexity index is 411. The zero-order chi connectivity index (χ0) is 15.2. The molecular formula is C12H25N3O4S. The molecule has 0 spiro atoms. The Hall–Kier alpha value is -0.700. The van der Waals surface area contributed by atoms with Crippen molar-refractivity contribution >= 4 is 15.9 Å². The van der Waals surface area contributed by atoms with Crippen LogP contribution in [0.2, 0.25) is 0 Å². The Morgan fingerprint density at radius 3 is 2.60 bits per heavy atom. The molecule has 0 bridgehead atoms. The molecule has 20 heavy (non-hydrogen) atoms. The van der Waals surface area contributed by atoms with Gasteiger partial charge in [0, 0.05) is 26.7 Å². The third-order valence-electron chi connectivity index (χ3n) is 3.29. The van der Waals surface area contributed by atoms with Crippen molar-refractivity contribution in [2.75, 3.05) is 46.2 Å². The first kappa shape index (κ1) is 17.4. The van der Waals surface area contributed by atoms with Gasteiger partial charge >= 0.3 is 0 Å². The number of amides is 1. The zero-order valence-electron chi connectivity index (χ0n) is 12.4. The fourth-order valence-electron chi connectivity index (χ4n) is 1.96. The van der Waals surface area contributed by atoms with Gasteiger partial charge in [0.05, 0.1) is 24.9 Å². The van der Waals surface area contributed by atoms with E-state index in [4.69, 9.17) is 4.74 Å². The van der Waals surface area contributed by atoms with Crippen LogP contribution in [-0.2, 0) is 19.6 Å². The summed E-state index contributed by atoms with van der Waals surface area (Å²) in [5, 5.41) is 5.95. The summed E-state index contributed by atoms with van der Waals surface area (Å²) in [6.07, 6.45) is 0.992. The van der Waals surface area contributed by atoms with E-state index in [1.165, 1.54) is 14.1 Å². The minimum Gasteiger partial charge on any atom is -0.379 e. The predicted octanol–water partition coefficient (Wildman–Crippen LogP) is -0.991. The molecule has 0 aliphatic carbocycles. The molecule has 2 unspecified atom stereocenters. The number of rotatable bonds is 8. The molecule has 1 fully saturated rings. The van der Waals surface area contributed by atoms with E-state index in [1.54, 1.807) is 0 Å². The molecule has 1 heterocycles. The predicted molar refractivity (Wildman–Crippen MR) is 76.9 cm³/mol. The number of nitrogens with one attached hydrogen (secondary N) is 2. The van der Waals surface area contributed by atoms with Gasteiger partial charge in [0.2, 0.25) is 15.9 Å². The van der Waals surface area contributed by atoms with Gasteiger partial charge in [-0.3, -0.25) is 4.79 Å². The Kier molecular flexibility index (Phi) is 6.87. The molecule has 1 rings (SSSR count). The van der Waals surface area contributed by atoms with E-state index in [1.807, 2.05) is 0 Å². The minimum atomic E-state index is -3.27. The van der Waals surface area contributed by atoms with Crippen molar-refractivity contribution in [3.63, 3.8) is 0 Å². The fraction of sp³-hybridized carbons (Fsp3) is 0.917. The van der Waals surface area contributed by atoms with Crippen molar-refractivity contribution in [2.45, 2.75) is 19.4 Å². The Morgan fingerprint density at radius 1 is 1.30 bits per heavy atom. The standard InChI is InChI=1S/C12H25N3O4S/c1-4-5-13-11-9-19-8-10(11)12(16)14-6-7-20(17,18)15(2)3/h10-11,13H,4-9H2,1-3H3,(H,14,16). The van der Waals surface area contributed by atoms with E-state index in [0.717, 1.165) is 17.3 Å². The minimum absolute atomic E-state index is 0.0143. The second kappa shape index (κ2) is 7.92. The second-order valence-corrected chi connectivity index (χ2v) is 7.40. The highest BCUT2D eigenvalue weighted by Crippen LogP contribution is 2.13.